The van der Waals surface area contributed by atoms with Crippen molar-refractivity contribution in [2.24, 2.45) is 17.6 Å². The SMILES string of the molecule is CN(C)c1cc2nc(-c3ccc(N)cc3)oc2c2c1C[C@H]1C[C@H]3[C@H](N(C)C)C(O)=C(C(N)=O)C(=O)[C@@]3(O)C(O)=C1C2=O. The van der Waals surface area contributed by atoms with Crippen LogP contribution in [0.1, 0.15) is 22.3 Å². The monoisotopic (exact) mass is 573 g/mol. The van der Waals surface area contributed by atoms with Crippen molar-refractivity contribution < 1.29 is 34.1 Å². The van der Waals surface area contributed by atoms with E-state index in [9.17, 15) is 29.7 Å². The number of oxazole rings is 1. The van der Waals surface area contributed by atoms with Gasteiger partial charge in [-0.15, -0.1) is 0 Å². The van der Waals surface area contributed by atoms with Crippen molar-refractivity contribution in [3.63, 3.8) is 0 Å². The van der Waals surface area contributed by atoms with E-state index in [0.717, 1.165) is 5.69 Å². The molecule has 1 amide bonds. The number of likely N-dealkylation sites (N-methyl/N-ethyl adjacent to an activating group) is 1. The van der Waals surface area contributed by atoms with Crippen LogP contribution in [0.15, 0.2) is 57.4 Å². The summed E-state index contributed by atoms with van der Waals surface area (Å²) in [6.45, 7) is 0. The van der Waals surface area contributed by atoms with Crippen molar-refractivity contribution >= 4 is 39.9 Å². The standard InChI is InChI=1S/C30H31N5O7/c1-34(2)18-11-17-25(42-29(33-17)12-5-7-14(31)8-6-12)20-15(18)9-13-10-16-22(35(3)4)24(37)21(28(32)40)27(39)30(16,41)26(38)19(13)23(20)36/h5-8,11,13,16,22,37-38,41H,9-10,31H2,1-4H3,(H2,32,40)/t13-,16-,22-,30-/m0/s1. The number of aromatic nitrogens is 1. The summed E-state index contributed by atoms with van der Waals surface area (Å²) in [6, 6.07) is 7.71. The number of hydrogen-bond acceptors (Lipinski definition) is 11. The number of hydrogen-bond donors (Lipinski definition) is 5. The van der Waals surface area contributed by atoms with E-state index in [4.69, 9.17) is 15.9 Å². The lowest BCUT2D eigenvalue weighted by atomic mass is 9.58. The van der Waals surface area contributed by atoms with Gasteiger partial charge in [0.2, 0.25) is 11.7 Å². The number of nitrogen functional groups attached to an aromatic ring is 1. The van der Waals surface area contributed by atoms with Gasteiger partial charge in [0, 0.05) is 42.5 Å². The first kappa shape index (κ1) is 27.5. The Balaban J connectivity index is 1.58. The number of nitrogens with zero attached hydrogens (tertiary/aromatic N) is 3. The Bertz CT molecular complexity index is 1770. The highest BCUT2D eigenvalue weighted by Crippen LogP contribution is 2.53. The lowest BCUT2D eigenvalue weighted by molar-refractivity contribution is -0.148. The van der Waals surface area contributed by atoms with Gasteiger partial charge in [0.25, 0.3) is 5.91 Å². The van der Waals surface area contributed by atoms with Crippen molar-refractivity contribution in [1.82, 2.24) is 9.88 Å². The number of Topliss-reactive ketones (excluding diaryl/α,β-unsaturated/α-hetero) is 2. The fourth-order valence-electron chi connectivity index (χ4n) is 6.84. The molecule has 218 valence electrons. The number of nitrogens with two attached hydrogens (primary N) is 2. The maximum absolute atomic E-state index is 14.3. The number of primary amides is 1. The predicted octanol–water partition coefficient (Wildman–Crippen LogP) is 1.87. The summed E-state index contributed by atoms with van der Waals surface area (Å²) in [7, 11) is 6.89. The lowest BCUT2D eigenvalue weighted by Gasteiger charge is -2.50. The zero-order valence-electron chi connectivity index (χ0n) is 23.5. The van der Waals surface area contributed by atoms with Crippen LogP contribution in [0.25, 0.3) is 22.6 Å². The van der Waals surface area contributed by atoms with Gasteiger partial charge in [-0.2, -0.15) is 0 Å². The van der Waals surface area contributed by atoms with Crippen molar-refractivity contribution in [1.29, 1.82) is 0 Å². The number of benzene rings is 2. The Morgan fingerprint density at radius 3 is 2.38 bits per heavy atom. The fraction of sp³-hybridized carbons (Fsp3) is 0.333. The molecule has 0 radical (unpaired) electrons. The number of ketones is 2. The smallest absolute Gasteiger partial charge is 0.255 e. The van der Waals surface area contributed by atoms with Gasteiger partial charge in [-0.05, 0) is 68.8 Å². The first-order chi connectivity index (χ1) is 19.8. The number of carbonyl (C=O) groups is 3. The molecule has 3 aliphatic rings. The van der Waals surface area contributed by atoms with E-state index >= 15 is 0 Å². The number of fused-ring (bicyclic) bond motifs is 5. The zero-order chi connectivity index (χ0) is 30.4. The molecule has 0 spiro atoms. The first-order valence-corrected chi connectivity index (χ1v) is 13.4. The maximum Gasteiger partial charge on any atom is 0.255 e. The van der Waals surface area contributed by atoms with Gasteiger partial charge in [-0.3, -0.25) is 19.3 Å². The number of rotatable bonds is 4. The molecule has 7 N–H and O–H groups in total. The molecule has 3 aliphatic carbocycles. The normalized spacial score (nSPS) is 25.5. The molecule has 12 nitrogen and oxygen atoms in total. The van der Waals surface area contributed by atoms with Crippen LogP contribution in [0.2, 0.25) is 0 Å². The predicted molar refractivity (Wildman–Crippen MR) is 154 cm³/mol. The minimum Gasteiger partial charge on any atom is -0.510 e. The number of aliphatic hydroxyl groups is 3. The van der Waals surface area contributed by atoms with Gasteiger partial charge < -0.3 is 36.1 Å². The third-order valence-electron chi connectivity index (χ3n) is 8.72. The summed E-state index contributed by atoms with van der Waals surface area (Å²) in [5.41, 5.74) is 11.0. The van der Waals surface area contributed by atoms with Crippen LogP contribution >= 0.6 is 0 Å². The van der Waals surface area contributed by atoms with E-state index in [1.807, 2.05) is 25.1 Å². The summed E-state index contributed by atoms with van der Waals surface area (Å²) in [4.78, 5) is 48.1. The highest BCUT2D eigenvalue weighted by molar-refractivity contribution is 6.25. The number of amides is 1. The Labute approximate surface area is 240 Å². The third-order valence-corrected chi connectivity index (χ3v) is 8.72. The lowest BCUT2D eigenvalue weighted by Crippen LogP contribution is -2.63. The van der Waals surface area contributed by atoms with E-state index < -0.39 is 58.0 Å². The molecule has 6 rings (SSSR count). The van der Waals surface area contributed by atoms with Crippen LogP contribution in [-0.4, -0.2) is 82.5 Å². The van der Waals surface area contributed by atoms with E-state index in [0.29, 0.717) is 22.3 Å². The molecule has 0 bridgehead atoms. The summed E-state index contributed by atoms with van der Waals surface area (Å²) in [6.07, 6.45) is 0.333. The van der Waals surface area contributed by atoms with Crippen molar-refractivity contribution in [3.8, 4) is 11.5 Å². The highest BCUT2D eigenvalue weighted by Gasteiger charge is 2.63. The number of allylic oxidation sites excluding steroid dienone is 1. The van der Waals surface area contributed by atoms with E-state index in [1.165, 1.54) is 0 Å². The highest BCUT2D eigenvalue weighted by atomic mass is 16.4. The van der Waals surface area contributed by atoms with Crippen LogP contribution < -0.4 is 16.4 Å². The molecule has 0 aliphatic heterocycles. The average Bonchev–Trinajstić information content (AvgIpc) is 3.34. The Hall–Kier alpha value is -4.68. The van der Waals surface area contributed by atoms with Crippen LogP contribution in [0.4, 0.5) is 11.4 Å². The molecule has 1 aromatic heterocycles. The van der Waals surface area contributed by atoms with E-state index in [1.54, 1.807) is 43.3 Å². The largest absolute Gasteiger partial charge is 0.510 e. The van der Waals surface area contributed by atoms with Crippen molar-refractivity contribution in [2.45, 2.75) is 24.5 Å². The second kappa shape index (κ2) is 9.16. The van der Waals surface area contributed by atoms with Crippen LogP contribution in [0.5, 0.6) is 0 Å². The molecular formula is C30H31N5O7. The maximum atomic E-state index is 14.3. The topological polar surface area (TPSA) is 196 Å². The first-order valence-electron chi connectivity index (χ1n) is 13.4. The second-order valence-electron chi connectivity index (χ2n) is 11.6. The Morgan fingerprint density at radius 2 is 1.79 bits per heavy atom. The van der Waals surface area contributed by atoms with Crippen LogP contribution in [-0.2, 0) is 16.0 Å². The van der Waals surface area contributed by atoms with Gasteiger partial charge in [-0.25, -0.2) is 4.98 Å². The van der Waals surface area contributed by atoms with Gasteiger partial charge >= 0.3 is 0 Å². The second-order valence-corrected chi connectivity index (χ2v) is 11.6. The van der Waals surface area contributed by atoms with Gasteiger partial charge in [0.05, 0.1) is 11.6 Å². The summed E-state index contributed by atoms with van der Waals surface area (Å²) in [5.74, 6) is -5.93. The fourth-order valence-corrected chi connectivity index (χ4v) is 6.84. The Morgan fingerprint density at radius 1 is 1.12 bits per heavy atom. The molecule has 3 aromatic rings. The molecular weight excluding hydrogens is 542 g/mol. The molecule has 0 saturated carbocycles. The van der Waals surface area contributed by atoms with Crippen LogP contribution in [0, 0.1) is 11.8 Å². The van der Waals surface area contributed by atoms with Gasteiger partial charge in [0.15, 0.2) is 17.0 Å². The van der Waals surface area contributed by atoms with Crippen molar-refractivity contribution in [3.05, 3.63) is 64.1 Å². The summed E-state index contributed by atoms with van der Waals surface area (Å²) >= 11 is 0. The number of anilines is 2. The third kappa shape index (κ3) is 3.61. The minimum absolute atomic E-state index is 0.0593. The average molecular weight is 574 g/mol. The zero-order valence-corrected chi connectivity index (χ0v) is 23.5. The molecule has 12 heteroatoms. The minimum atomic E-state index is -2.65. The molecule has 0 saturated heterocycles. The Kier molecular flexibility index (Phi) is 6.00. The molecule has 2 aromatic carbocycles. The van der Waals surface area contributed by atoms with Gasteiger partial charge in [0.1, 0.15) is 22.6 Å². The van der Waals surface area contributed by atoms with Gasteiger partial charge in [-0.1, -0.05) is 0 Å². The summed E-state index contributed by atoms with van der Waals surface area (Å²) in [5, 5.41) is 34.4. The summed E-state index contributed by atoms with van der Waals surface area (Å²) < 4.78 is 6.14. The molecule has 0 fully saturated rings. The van der Waals surface area contributed by atoms with Crippen molar-refractivity contribution in [2.75, 3.05) is 38.8 Å². The number of aliphatic hydroxyl groups excluding tert-OH is 2. The molecule has 42 heavy (non-hydrogen) atoms. The van der Waals surface area contributed by atoms with Crippen LogP contribution in [0.3, 0.4) is 0 Å². The van der Waals surface area contributed by atoms with E-state index in [-0.39, 0.29) is 35.5 Å². The number of carbonyl (C=O) groups excluding carboxylic acids is 3. The van der Waals surface area contributed by atoms with E-state index in [2.05, 4.69) is 4.98 Å². The quantitative estimate of drug-likeness (QED) is 0.226. The molecule has 0 unspecified atom stereocenters. The molecule has 4 atom stereocenters. The molecule has 1 heterocycles.